The Labute approximate surface area is 61.0 Å². The first-order valence-electron chi connectivity index (χ1n) is 3.19. The van der Waals surface area contributed by atoms with Crippen molar-refractivity contribution < 1.29 is 0 Å². The quantitative estimate of drug-likeness (QED) is 0.562. The first-order valence-corrected chi connectivity index (χ1v) is 4.13. The fourth-order valence-corrected chi connectivity index (χ4v) is 0.408. The molecule has 0 atom stereocenters. The maximum absolute atomic E-state index is 3.49. The molecule has 1 rings (SSSR count). The van der Waals surface area contributed by atoms with Gasteiger partial charge in [-0.05, 0) is 0 Å². The SMILES string of the molecule is CC.CC.c1nncs1. The summed E-state index contributed by atoms with van der Waals surface area (Å²) in [5.74, 6) is 0. The largest absolute Gasteiger partial charge is 0.147 e. The van der Waals surface area contributed by atoms with Crippen LogP contribution in [0.2, 0.25) is 0 Å². The Balaban J connectivity index is 0. The van der Waals surface area contributed by atoms with Crippen LogP contribution in [-0.4, -0.2) is 10.2 Å². The molecule has 0 bridgehead atoms. The molecule has 0 amide bonds. The van der Waals surface area contributed by atoms with Crippen molar-refractivity contribution in [2.75, 3.05) is 0 Å². The molecule has 1 aromatic rings. The number of nitrogens with zero attached hydrogens (tertiary/aromatic N) is 2. The minimum Gasteiger partial charge on any atom is -0.147 e. The zero-order chi connectivity index (χ0) is 7.54. The number of hydrogen-bond donors (Lipinski definition) is 0. The molecule has 9 heavy (non-hydrogen) atoms. The molecule has 0 spiro atoms. The van der Waals surface area contributed by atoms with Crippen LogP contribution in [0.25, 0.3) is 0 Å². The minimum absolute atomic E-state index is 1.49. The average Bonchev–Trinajstić information content (AvgIpc) is 2.51. The normalized spacial score (nSPS) is 5.78. The Morgan fingerprint density at radius 2 is 1.22 bits per heavy atom. The van der Waals surface area contributed by atoms with Gasteiger partial charge in [-0.15, -0.1) is 21.5 Å². The zero-order valence-electron chi connectivity index (χ0n) is 6.46. The van der Waals surface area contributed by atoms with E-state index in [-0.39, 0.29) is 0 Å². The molecule has 0 saturated heterocycles. The standard InChI is InChI=1S/C2H2N2S.2C2H6/c1-3-4-2-5-1;2*1-2/h1-2H;2*1-2H3. The second-order valence-corrected chi connectivity index (χ2v) is 1.27. The summed E-state index contributed by atoms with van der Waals surface area (Å²) in [5, 5.41) is 6.98. The highest BCUT2D eigenvalue weighted by Gasteiger charge is 1.60. The lowest BCUT2D eigenvalue weighted by Crippen LogP contribution is -1.53. The summed E-state index contributed by atoms with van der Waals surface area (Å²) < 4.78 is 0. The topological polar surface area (TPSA) is 25.8 Å². The van der Waals surface area contributed by atoms with Crippen molar-refractivity contribution in [3.8, 4) is 0 Å². The third-order valence-corrected chi connectivity index (χ3v) is 0.715. The Bertz CT molecular complexity index is 67.5. The van der Waals surface area contributed by atoms with Gasteiger partial charge in [-0.1, -0.05) is 27.7 Å². The van der Waals surface area contributed by atoms with Crippen LogP contribution in [-0.2, 0) is 0 Å². The monoisotopic (exact) mass is 146 g/mol. The molecule has 0 aliphatic heterocycles. The fraction of sp³-hybridized carbons (Fsp3) is 0.667. The van der Waals surface area contributed by atoms with Crippen molar-refractivity contribution in [2.45, 2.75) is 27.7 Å². The maximum Gasteiger partial charge on any atom is 0.103 e. The summed E-state index contributed by atoms with van der Waals surface area (Å²) in [7, 11) is 0. The number of hydrogen-bond acceptors (Lipinski definition) is 3. The molecule has 3 heteroatoms. The van der Waals surface area contributed by atoms with Crippen molar-refractivity contribution in [2.24, 2.45) is 0 Å². The lowest BCUT2D eigenvalue weighted by atomic mass is 11.0. The minimum atomic E-state index is 1.49. The molecule has 0 aromatic carbocycles. The molecular weight excluding hydrogens is 132 g/mol. The van der Waals surface area contributed by atoms with E-state index in [4.69, 9.17) is 0 Å². The van der Waals surface area contributed by atoms with E-state index < -0.39 is 0 Å². The smallest absolute Gasteiger partial charge is 0.103 e. The van der Waals surface area contributed by atoms with Gasteiger partial charge in [-0.3, -0.25) is 0 Å². The maximum atomic E-state index is 3.49. The second-order valence-electron chi connectivity index (χ2n) is 0.578. The third-order valence-electron chi connectivity index (χ3n) is 0.283. The van der Waals surface area contributed by atoms with Crippen molar-refractivity contribution in [3.05, 3.63) is 11.0 Å². The first-order chi connectivity index (χ1) is 4.50. The molecule has 0 saturated carbocycles. The van der Waals surface area contributed by atoms with Gasteiger partial charge in [0.15, 0.2) is 0 Å². The van der Waals surface area contributed by atoms with Crippen LogP contribution in [0, 0.1) is 0 Å². The van der Waals surface area contributed by atoms with Gasteiger partial charge in [0, 0.05) is 0 Å². The highest BCUT2D eigenvalue weighted by molar-refractivity contribution is 7.07. The Morgan fingerprint density at radius 1 is 0.889 bits per heavy atom. The molecule has 0 fully saturated rings. The summed E-state index contributed by atoms with van der Waals surface area (Å²) in [5.41, 5.74) is 3.36. The van der Waals surface area contributed by atoms with E-state index in [0.29, 0.717) is 0 Å². The Morgan fingerprint density at radius 3 is 1.33 bits per heavy atom. The molecule has 0 aliphatic rings. The van der Waals surface area contributed by atoms with Crippen LogP contribution in [0.1, 0.15) is 27.7 Å². The molecule has 0 radical (unpaired) electrons. The lowest BCUT2D eigenvalue weighted by Gasteiger charge is -1.41. The molecule has 1 aromatic heterocycles. The van der Waals surface area contributed by atoms with E-state index in [2.05, 4.69) is 10.2 Å². The van der Waals surface area contributed by atoms with E-state index in [1.165, 1.54) is 11.3 Å². The second kappa shape index (κ2) is 15.6. The van der Waals surface area contributed by atoms with Crippen LogP contribution in [0.3, 0.4) is 0 Å². The predicted molar refractivity (Wildman–Crippen MR) is 42.6 cm³/mol. The summed E-state index contributed by atoms with van der Waals surface area (Å²) in [4.78, 5) is 0. The molecule has 0 unspecified atom stereocenters. The van der Waals surface area contributed by atoms with Gasteiger partial charge in [0.2, 0.25) is 0 Å². The van der Waals surface area contributed by atoms with Crippen molar-refractivity contribution >= 4 is 11.3 Å². The van der Waals surface area contributed by atoms with Gasteiger partial charge in [0.05, 0.1) is 0 Å². The fourth-order valence-electron chi connectivity index (χ4n) is 0.136. The van der Waals surface area contributed by atoms with E-state index in [1.807, 2.05) is 27.7 Å². The van der Waals surface area contributed by atoms with E-state index in [9.17, 15) is 0 Å². The number of rotatable bonds is 0. The van der Waals surface area contributed by atoms with E-state index in [0.717, 1.165) is 0 Å². The van der Waals surface area contributed by atoms with Crippen LogP contribution in [0.15, 0.2) is 11.0 Å². The van der Waals surface area contributed by atoms with Gasteiger partial charge in [0.25, 0.3) is 0 Å². The average molecular weight is 146 g/mol. The van der Waals surface area contributed by atoms with Crippen LogP contribution in [0.4, 0.5) is 0 Å². The third kappa shape index (κ3) is 11.2. The molecule has 2 nitrogen and oxygen atoms in total. The molecule has 0 N–H and O–H groups in total. The van der Waals surface area contributed by atoms with Crippen molar-refractivity contribution in [1.82, 2.24) is 10.2 Å². The van der Waals surface area contributed by atoms with Crippen LogP contribution < -0.4 is 0 Å². The molecule has 0 aliphatic carbocycles. The predicted octanol–water partition coefficient (Wildman–Crippen LogP) is 2.59. The van der Waals surface area contributed by atoms with Gasteiger partial charge in [-0.2, -0.15) is 0 Å². The zero-order valence-corrected chi connectivity index (χ0v) is 7.27. The molecule has 1 heterocycles. The first kappa shape index (κ1) is 11.4. The highest BCUT2D eigenvalue weighted by atomic mass is 32.1. The van der Waals surface area contributed by atoms with Crippen molar-refractivity contribution in [3.63, 3.8) is 0 Å². The Kier molecular flexibility index (Phi) is 19.8. The highest BCUT2D eigenvalue weighted by Crippen LogP contribution is 1.80. The lowest BCUT2D eigenvalue weighted by molar-refractivity contribution is 1.09. The molecule has 54 valence electrons. The summed E-state index contributed by atoms with van der Waals surface area (Å²) in [6, 6.07) is 0. The van der Waals surface area contributed by atoms with Gasteiger partial charge < -0.3 is 0 Å². The molecular formula is C6H14N2S. The van der Waals surface area contributed by atoms with Crippen LogP contribution >= 0.6 is 11.3 Å². The van der Waals surface area contributed by atoms with Gasteiger partial charge in [-0.25, -0.2) is 0 Å². The Hall–Kier alpha value is -0.440. The van der Waals surface area contributed by atoms with Gasteiger partial charge in [0.1, 0.15) is 11.0 Å². The summed E-state index contributed by atoms with van der Waals surface area (Å²) in [6.45, 7) is 8.00. The van der Waals surface area contributed by atoms with E-state index in [1.54, 1.807) is 11.0 Å². The summed E-state index contributed by atoms with van der Waals surface area (Å²) in [6.07, 6.45) is 0. The number of aromatic nitrogens is 2. The van der Waals surface area contributed by atoms with Crippen molar-refractivity contribution in [1.29, 1.82) is 0 Å². The van der Waals surface area contributed by atoms with Crippen LogP contribution in [0.5, 0.6) is 0 Å². The van der Waals surface area contributed by atoms with E-state index >= 15 is 0 Å². The summed E-state index contributed by atoms with van der Waals surface area (Å²) >= 11 is 1.49. The van der Waals surface area contributed by atoms with Gasteiger partial charge >= 0.3 is 0 Å².